The lowest BCUT2D eigenvalue weighted by molar-refractivity contribution is 0.104. The van der Waals surface area contributed by atoms with Crippen molar-refractivity contribution < 1.29 is 4.79 Å². The van der Waals surface area contributed by atoms with Gasteiger partial charge in [-0.05, 0) is 36.8 Å². The molecule has 0 radical (unpaired) electrons. The first-order valence-electron chi connectivity index (χ1n) is 7.50. The molecule has 0 saturated heterocycles. The molecule has 0 fully saturated rings. The van der Waals surface area contributed by atoms with Crippen LogP contribution in [0.4, 0.5) is 10.8 Å². The SMILES string of the molecule is Cc1sc(Nc2cc(Cl)ccc2Cl)nc1C(=O)/C=C/c1ccccc1. The van der Waals surface area contributed by atoms with E-state index < -0.39 is 0 Å². The zero-order chi connectivity index (χ0) is 17.8. The molecule has 0 bridgehead atoms. The van der Waals surface area contributed by atoms with Gasteiger partial charge in [0.25, 0.3) is 0 Å². The zero-order valence-corrected chi connectivity index (χ0v) is 15.6. The van der Waals surface area contributed by atoms with E-state index in [9.17, 15) is 4.79 Å². The Bertz CT molecular complexity index is 936. The Labute approximate surface area is 159 Å². The zero-order valence-electron chi connectivity index (χ0n) is 13.3. The summed E-state index contributed by atoms with van der Waals surface area (Å²) in [6, 6.07) is 14.8. The highest BCUT2D eigenvalue weighted by atomic mass is 35.5. The van der Waals surface area contributed by atoms with Crippen molar-refractivity contribution in [1.29, 1.82) is 0 Å². The Hall–Kier alpha value is -2.14. The van der Waals surface area contributed by atoms with E-state index in [1.165, 1.54) is 17.4 Å². The molecule has 3 rings (SSSR count). The highest BCUT2D eigenvalue weighted by molar-refractivity contribution is 7.15. The molecule has 126 valence electrons. The average molecular weight is 389 g/mol. The predicted molar refractivity (Wildman–Crippen MR) is 106 cm³/mol. The summed E-state index contributed by atoms with van der Waals surface area (Å²) in [6.45, 7) is 1.87. The lowest BCUT2D eigenvalue weighted by Crippen LogP contribution is -1.98. The monoisotopic (exact) mass is 388 g/mol. The predicted octanol–water partition coefficient (Wildman–Crippen LogP) is 6.40. The number of ketones is 1. The molecule has 6 heteroatoms. The van der Waals surface area contributed by atoms with Crippen LogP contribution in [-0.4, -0.2) is 10.8 Å². The second-order valence-electron chi connectivity index (χ2n) is 5.28. The lowest BCUT2D eigenvalue weighted by atomic mass is 10.1. The topological polar surface area (TPSA) is 42.0 Å². The van der Waals surface area contributed by atoms with E-state index in [4.69, 9.17) is 23.2 Å². The third-order valence-corrected chi connectivity index (χ3v) is 4.88. The molecule has 25 heavy (non-hydrogen) atoms. The van der Waals surface area contributed by atoms with E-state index in [0.29, 0.717) is 26.6 Å². The molecule has 0 aliphatic carbocycles. The Morgan fingerprint density at radius 2 is 1.92 bits per heavy atom. The third kappa shape index (κ3) is 4.48. The Morgan fingerprint density at radius 3 is 2.68 bits per heavy atom. The fraction of sp³-hybridized carbons (Fsp3) is 0.0526. The highest BCUT2D eigenvalue weighted by Crippen LogP contribution is 2.31. The van der Waals surface area contributed by atoms with Gasteiger partial charge in [0.05, 0.1) is 10.7 Å². The summed E-state index contributed by atoms with van der Waals surface area (Å²) < 4.78 is 0. The molecule has 0 spiro atoms. The number of carbonyl (C=O) groups is 1. The Morgan fingerprint density at radius 1 is 1.16 bits per heavy atom. The molecule has 1 aromatic heterocycles. The first kappa shape index (κ1) is 17.7. The van der Waals surface area contributed by atoms with E-state index >= 15 is 0 Å². The van der Waals surface area contributed by atoms with Crippen LogP contribution in [0.2, 0.25) is 10.0 Å². The van der Waals surface area contributed by atoms with Crippen LogP contribution in [0.15, 0.2) is 54.6 Å². The van der Waals surface area contributed by atoms with Gasteiger partial charge in [-0.3, -0.25) is 4.79 Å². The van der Waals surface area contributed by atoms with Crippen molar-refractivity contribution in [3.63, 3.8) is 0 Å². The maximum atomic E-state index is 12.4. The minimum Gasteiger partial charge on any atom is -0.330 e. The van der Waals surface area contributed by atoms with E-state index in [-0.39, 0.29) is 5.78 Å². The number of hydrogen-bond acceptors (Lipinski definition) is 4. The fourth-order valence-corrected chi connectivity index (χ4v) is 3.37. The standard InChI is InChI=1S/C19H14Cl2N2OS/c1-12-18(17(24)10-7-13-5-3-2-4-6-13)23-19(25-12)22-16-11-14(20)8-9-15(16)21/h2-11H,1H3,(H,22,23)/b10-7+. The number of halogens is 2. The molecular weight excluding hydrogens is 375 g/mol. The molecule has 0 unspecified atom stereocenters. The van der Waals surface area contributed by atoms with Crippen molar-refractivity contribution in [1.82, 2.24) is 4.98 Å². The van der Waals surface area contributed by atoms with Crippen molar-refractivity contribution >= 4 is 57.2 Å². The summed E-state index contributed by atoms with van der Waals surface area (Å²) in [6.07, 6.45) is 3.32. The van der Waals surface area contributed by atoms with Crippen molar-refractivity contribution in [3.05, 3.63) is 80.8 Å². The quantitative estimate of drug-likeness (QED) is 0.406. The van der Waals surface area contributed by atoms with Crippen molar-refractivity contribution in [3.8, 4) is 0 Å². The number of rotatable bonds is 5. The number of thiazole rings is 1. The fourth-order valence-electron chi connectivity index (χ4n) is 2.20. The van der Waals surface area contributed by atoms with Gasteiger partial charge in [-0.2, -0.15) is 0 Å². The molecule has 3 nitrogen and oxygen atoms in total. The molecular formula is C19H14Cl2N2OS. The summed E-state index contributed by atoms with van der Waals surface area (Å²) in [5.41, 5.74) is 2.05. The van der Waals surface area contributed by atoms with E-state index in [1.54, 1.807) is 24.3 Å². The Balaban J connectivity index is 1.79. The van der Waals surface area contributed by atoms with Gasteiger partial charge in [0, 0.05) is 9.90 Å². The number of nitrogens with zero attached hydrogens (tertiary/aromatic N) is 1. The second kappa shape index (κ2) is 7.83. The lowest BCUT2D eigenvalue weighted by Gasteiger charge is -2.05. The molecule has 0 amide bonds. The number of hydrogen-bond donors (Lipinski definition) is 1. The molecule has 0 saturated carbocycles. The molecule has 1 N–H and O–H groups in total. The van der Waals surface area contributed by atoms with E-state index in [1.807, 2.05) is 37.3 Å². The number of aryl methyl sites for hydroxylation is 1. The highest BCUT2D eigenvalue weighted by Gasteiger charge is 2.14. The first-order chi connectivity index (χ1) is 12.0. The first-order valence-corrected chi connectivity index (χ1v) is 9.07. The molecule has 0 aliphatic rings. The number of nitrogens with one attached hydrogen (secondary N) is 1. The largest absolute Gasteiger partial charge is 0.330 e. The molecule has 3 aromatic rings. The van der Waals surface area contributed by atoms with Crippen LogP contribution in [0.25, 0.3) is 6.08 Å². The van der Waals surface area contributed by atoms with Crippen LogP contribution < -0.4 is 5.32 Å². The van der Waals surface area contributed by atoms with Gasteiger partial charge in [-0.1, -0.05) is 59.6 Å². The summed E-state index contributed by atoms with van der Waals surface area (Å²) in [4.78, 5) is 17.6. The van der Waals surface area contributed by atoms with Crippen LogP contribution in [0.5, 0.6) is 0 Å². The molecule has 0 atom stereocenters. The number of carbonyl (C=O) groups excluding carboxylic acids is 1. The summed E-state index contributed by atoms with van der Waals surface area (Å²) in [5, 5.41) is 4.82. The van der Waals surface area contributed by atoms with E-state index in [0.717, 1.165) is 10.4 Å². The minimum atomic E-state index is -0.136. The van der Waals surface area contributed by atoms with Gasteiger partial charge < -0.3 is 5.32 Å². The van der Waals surface area contributed by atoms with Crippen LogP contribution >= 0.6 is 34.5 Å². The van der Waals surface area contributed by atoms with Crippen molar-refractivity contribution in [2.24, 2.45) is 0 Å². The number of anilines is 2. The number of benzene rings is 2. The molecule has 0 aliphatic heterocycles. The van der Waals surface area contributed by atoms with Gasteiger partial charge in [0.1, 0.15) is 5.69 Å². The molecule has 2 aromatic carbocycles. The minimum absolute atomic E-state index is 0.136. The maximum Gasteiger partial charge on any atom is 0.205 e. The Kier molecular flexibility index (Phi) is 5.53. The van der Waals surface area contributed by atoms with Crippen molar-refractivity contribution in [2.75, 3.05) is 5.32 Å². The third-order valence-electron chi connectivity index (χ3n) is 3.43. The van der Waals surface area contributed by atoms with Crippen molar-refractivity contribution in [2.45, 2.75) is 6.92 Å². The van der Waals surface area contributed by atoms with Gasteiger partial charge in [-0.15, -0.1) is 11.3 Å². The van der Waals surface area contributed by atoms with Crippen LogP contribution in [-0.2, 0) is 0 Å². The van der Waals surface area contributed by atoms with Crippen LogP contribution in [0, 0.1) is 6.92 Å². The second-order valence-corrected chi connectivity index (χ2v) is 7.33. The molecule has 1 heterocycles. The smallest absolute Gasteiger partial charge is 0.205 e. The van der Waals surface area contributed by atoms with Crippen LogP contribution in [0.3, 0.4) is 0 Å². The number of allylic oxidation sites excluding steroid dienone is 1. The maximum absolute atomic E-state index is 12.4. The summed E-state index contributed by atoms with van der Waals surface area (Å²) >= 11 is 13.5. The summed E-state index contributed by atoms with van der Waals surface area (Å²) in [5.74, 6) is -0.136. The van der Waals surface area contributed by atoms with Gasteiger partial charge in [0.2, 0.25) is 5.78 Å². The van der Waals surface area contributed by atoms with E-state index in [2.05, 4.69) is 10.3 Å². The average Bonchev–Trinajstić information content (AvgIpc) is 2.97. The number of aromatic nitrogens is 1. The normalized spacial score (nSPS) is 11.0. The summed E-state index contributed by atoms with van der Waals surface area (Å²) in [7, 11) is 0. The van der Waals surface area contributed by atoms with Crippen LogP contribution in [0.1, 0.15) is 20.9 Å². The van der Waals surface area contributed by atoms with Gasteiger partial charge in [-0.25, -0.2) is 4.98 Å². The van der Waals surface area contributed by atoms with Gasteiger partial charge in [0.15, 0.2) is 5.13 Å². The van der Waals surface area contributed by atoms with Gasteiger partial charge >= 0.3 is 0 Å².